The van der Waals surface area contributed by atoms with Gasteiger partial charge in [0.15, 0.2) is 11.5 Å². The number of rotatable bonds is 6. The second-order valence-corrected chi connectivity index (χ2v) is 7.74. The predicted octanol–water partition coefficient (Wildman–Crippen LogP) is 3.64. The van der Waals surface area contributed by atoms with Gasteiger partial charge in [-0.25, -0.2) is 0 Å². The molecule has 1 amide bonds. The second-order valence-electron chi connectivity index (χ2n) is 6.57. The zero-order valence-corrected chi connectivity index (χ0v) is 18.5. The van der Waals surface area contributed by atoms with Gasteiger partial charge < -0.3 is 24.4 Å². The van der Waals surface area contributed by atoms with Crippen LogP contribution in [0.15, 0.2) is 36.4 Å². The minimum atomic E-state index is -0.143. The number of benzene rings is 2. The lowest BCUT2D eigenvalue weighted by molar-refractivity contribution is 0.0938. The Hall–Kier alpha value is -2.00. The first-order valence-corrected chi connectivity index (χ1v) is 10.3. The van der Waals surface area contributed by atoms with E-state index in [0.717, 1.165) is 35.4 Å². The Bertz CT molecular complexity index is 820. The van der Waals surface area contributed by atoms with Crippen LogP contribution < -0.4 is 19.7 Å². The molecule has 1 fully saturated rings. The maximum atomic E-state index is 12.8. The molecule has 1 aliphatic heterocycles. The maximum Gasteiger partial charge on any atom is 0.252 e. The number of carbonyl (C=O) groups is 1. The van der Waals surface area contributed by atoms with Gasteiger partial charge in [0.25, 0.3) is 5.91 Å². The minimum Gasteiger partial charge on any atom is -0.493 e. The molecule has 28 heavy (non-hydrogen) atoms. The van der Waals surface area contributed by atoms with Crippen molar-refractivity contribution in [3.63, 3.8) is 0 Å². The lowest BCUT2D eigenvalue weighted by atomic mass is 10.1. The van der Waals surface area contributed by atoms with Crippen molar-refractivity contribution in [2.24, 2.45) is 0 Å². The average molecular weight is 496 g/mol. The summed E-state index contributed by atoms with van der Waals surface area (Å²) in [5, 5.41) is 3.07. The van der Waals surface area contributed by atoms with E-state index in [-0.39, 0.29) is 11.9 Å². The van der Waals surface area contributed by atoms with Crippen molar-refractivity contribution in [1.82, 2.24) is 5.32 Å². The molecule has 0 aliphatic carbocycles. The summed E-state index contributed by atoms with van der Waals surface area (Å²) in [5.74, 6) is 1.00. The third-order valence-corrected chi connectivity index (χ3v) is 5.73. The van der Waals surface area contributed by atoms with Crippen molar-refractivity contribution in [3.05, 3.63) is 51.1 Å². The van der Waals surface area contributed by atoms with E-state index >= 15 is 0 Å². The van der Waals surface area contributed by atoms with Gasteiger partial charge in [-0.05, 0) is 59.3 Å². The van der Waals surface area contributed by atoms with E-state index in [1.54, 1.807) is 26.4 Å². The van der Waals surface area contributed by atoms with Crippen molar-refractivity contribution in [1.29, 1.82) is 0 Å². The summed E-state index contributed by atoms with van der Waals surface area (Å²) >= 11 is 2.14. The molecule has 0 aromatic heterocycles. The summed E-state index contributed by atoms with van der Waals surface area (Å²) in [6.07, 6.45) is 0. The lowest BCUT2D eigenvalue weighted by Crippen LogP contribution is -2.36. The number of carbonyl (C=O) groups excluding carboxylic acids is 1. The summed E-state index contributed by atoms with van der Waals surface area (Å²) in [6.45, 7) is 5.32. The number of methoxy groups -OCH3 is 2. The Morgan fingerprint density at radius 3 is 2.32 bits per heavy atom. The zero-order chi connectivity index (χ0) is 20.1. The fourth-order valence-corrected chi connectivity index (χ4v) is 3.86. The molecular weight excluding hydrogens is 471 g/mol. The van der Waals surface area contributed by atoms with Crippen molar-refractivity contribution < 1.29 is 19.0 Å². The van der Waals surface area contributed by atoms with E-state index in [0.29, 0.717) is 17.1 Å². The topological polar surface area (TPSA) is 60.0 Å². The Morgan fingerprint density at radius 1 is 1.11 bits per heavy atom. The summed E-state index contributed by atoms with van der Waals surface area (Å²) in [4.78, 5) is 15.1. The number of nitrogens with one attached hydrogen (secondary N) is 1. The normalized spacial score (nSPS) is 15.1. The van der Waals surface area contributed by atoms with Crippen LogP contribution in [-0.2, 0) is 4.74 Å². The van der Waals surface area contributed by atoms with Crippen LogP contribution in [0, 0.1) is 3.57 Å². The zero-order valence-electron chi connectivity index (χ0n) is 16.3. The van der Waals surface area contributed by atoms with Gasteiger partial charge in [0.1, 0.15) is 0 Å². The molecule has 1 aliphatic rings. The van der Waals surface area contributed by atoms with Crippen LogP contribution in [0.2, 0.25) is 0 Å². The molecular formula is C21H25IN2O4. The fourth-order valence-electron chi connectivity index (χ4n) is 3.18. The highest BCUT2D eigenvalue weighted by Gasteiger charge is 2.18. The summed E-state index contributed by atoms with van der Waals surface area (Å²) in [7, 11) is 3.14. The molecule has 1 unspecified atom stereocenters. The molecule has 0 saturated carbocycles. The molecule has 1 N–H and O–H groups in total. The van der Waals surface area contributed by atoms with Gasteiger partial charge >= 0.3 is 0 Å². The van der Waals surface area contributed by atoms with Gasteiger partial charge in [0, 0.05) is 22.3 Å². The largest absolute Gasteiger partial charge is 0.493 e. The Labute approximate surface area is 179 Å². The molecule has 0 bridgehead atoms. The van der Waals surface area contributed by atoms with Gasteiger partial charge in [0.2, 0.25) is 0 Å². The minimum absolute atomic E-state index is 0.116. The van der Waals surface area contributed by atoms with Crippen molar-refractivity contribution >= 4 is 34.2 Å². The van der Waals surface area contributed by atoms with Gasteiger partial charge in [-0.3, -0.25) is 4.79 Å². The van der Waals surface area contributed by atoms with Crippen LogP contribution in [-0.4, -0.2) is 46.4 Å². The smallest absolute Gasteiger partial charge is 0.252 e. The SMILES string of the molecule is COc1cc(I)c(C(=O)NC(C)c2ccc(N3CCOCC3)cc2)cc1OC. The number of nitrogens with zero attached hydrogens (tertiary/aromatic N) is 1. The van der Waals surface area contributed by atoms with Crippen LogP contribution >= 0.6 is 22.6 Å². The van der Waals surface area contributed by atoms with E-state index in [2.05, 4.69) is 57.1 Å². The first-order valence-electron chi connectivity index (χ1n) is 9.18. The molecule has 2 aromatic carbocycles. The van der Waals surface area contributed by atoms with Crippen molar-refractivity contribution in [2.75, 3.05) is 45.4 Å². The first-order chi connectivity index (χ1) is 13.5. The molecule has 6 nitrogen and oxygen atoms in total. The lowest BCUT2D eigenvalue weighted by Gasteiger charge is -2.29. The molecule has 1 saturated heterocycles. The van der Waals surface area contributed by atoms with Crippen LogP contribution in [0.1, 0.15) is 28.9 Å². The van der Waals surface area contributed by atoms with Gasteiger partial charge in [-0.15, -0.1) is 0 Å². The average Bonchev–Trinajstić information content (AvgIpc) is 2.74. The molecule has 1 atom stereocenters. The van der Waals surface area contributed by atoms with E-state index < -0.39 is 0 Å². The molecule has 2 aromatic rings. The van der Waals surface area contributed by atoms with Crippen LogP contribution in [0.5, 0.6) is 11.5 Å². The number of anilines is 1. The second kappa shape index (κ2) is 9.47. The number of ether oxygens (including phenoxy) is 3. The molecule has 150 valence electrons. The van der Waals surface area contributed by atoms with Gasteiger partial charge in [-0.2, -0.15) is 0 Å². The number of hydrogen-bond acceptors (Lipinski definition) is 5. The highest BCUT2D eigenvalue weighted by Crippen LogP contribution is 2.31. The third-order valence-electron chi connectivity index (χ3n) is 4.83. The summed E-state index contributed by atoms with van der Waals surface area (Å²) < 4.78 is 16.8. The quantitative estimate of drug-likeness (QED) is 0.620. The van der Waals surface area contributed by atoms with Crippen LogP contribution in [0.25, 0.3) is 0 Å². The molecule has 0 spiro atoms. The van der Waals surface area contributed by atoms with E-state index in [1.165, 1.54) is 5.69 Å². The molecule has 1 heterocycles. The number of amides is 1. The van der Waals surface area contributed by atoms with E-state index in [1.807, 2.05) is 6.92 Å². The highest BCUT2D eigenvalue weighted by atomic mass is 127. The van der Waals surface area contributed by atoms with E-state index in [9.17, 15) is 4.79 Å². The van der Waals surface area contributed by atoms with Crippen LogP contribution in [0.4, 0.5) is 5.69 Å². The third kappa shape index (κ3) is 4.70. The van der Waals surface area contributed by atoms with Crippen molar-refractivity contribution in [3.8, 4) is 11.5 Å². The summed E-state index contributed by atoms with van der Waals surface area (Å²) in [6, 6.07) is 11.7. The van der Waals surface area contributed by atoms with Crippen molar-refractivity contribution in [2.45, 2.75) is 13.0 Å². The predicted molar refractivity (Wildman–Crippen MR) is 118 cm³/mol. The van der Waals surface area contributed by atoms with E-state index in [4.69, 9.17) is 14.2 Å². The monoisotopic (exact) mass is 496 g/mol. The maximum absolute atomic E-state index is 12.8. The number of hydrogen-bond donors (Lipinski definition) is 1. The summed E-state index contributed by atoms with van der Waals surface area (Å²) in [5.41, 5.74) is 2.80. The molecule has 3 rings (SSSR count). The number of morpholine rings is 1. The standard InChI is InChI=1S/C21H25IN2O4/c1-14(15-4-6-16(7-5-15)24-8-10-28-11-9-24)23-21(25)17-12-19(26-2)20(27-3)13-18(17)22/h4-7,12-14H,8-11H2,1-3H3,(H,23,25). The van der Waals surface area contributed by atoms with Gasteiger partial charge in [0.05, 0.1) is 39.0 Å². The Kier molecular flexibility index (Phi) is 7.01. The van der Waals surface area contributed by atoms with Crippen LogP contribution in [0.3, 0.4) is 0 Å². The molecule has 7 heteroatoms. The number of halogens is 1. The molecule has 0 radical (unpaired) electrons. The Morgan fingerprint density at radius 2 is 1.71 bits per heavy atom. The Balaban J connectivity index is 1.70. The fraction of sp³-hybridized carbons (Fsp3) is 0.381. The highest BCUT2D eigenvalue weighted by molar-refractivity contribution is 14.1. The van der Waals surface area contributed by atoms with Gasteiger partial charge in [-0.1, -0.05) is 12.1 Å². The first kappa shape index (κ1) is 20.7.